The Kier molecular flexibility index (Phi) is 3.42. The van der Waals surface area contributed by atoms with Gasteiger partial charge in [-0.05, 0) is 55.3 Å². The highest BCUT2D eigenvalue weighted by Gasteiger charge is 2.11. The minimum atomic E-state index is -0.386. The third-order valence-electron chi connectivity index (χ3n) is 2.85. The zero-order valence-electron chi connectivity index (χ0n) is 10.8. The van der Waals surface area contributed by atoms with E-state index in [2.05, 4.69) is 5.32 Å². The predicted octanol–water partition coefficient (Wildman–Crippen LogP) is 2.97. The highest BCUT2D eigenvalue weighted by molar-refractivity contribution is 6.06. The van der Waals surface area contributed by atoms with Crippen molar-refractivity contribution >= 4 is 11.6 Å². The van der Waals surface area contributed by atoms with Crippen molar-refractivity contribution in [2.45, 2.75) is 13.8 Å². The number of rotatable bonds is 2. The largest absolute Gasteiger partial charge is 0.508 e. The van der Waals surface area contributed by atoms with Crippen LogP contribution in [-0.2, 0) is 0 Å². The monoisotopic (exact) mass is 257 g/mol. The van der Waals surface area contributed by atoms with Gasteiger partial charge < -0.3 is 15.5 Å². The van der Waals surface area contributed by atoms with Crippen LogP contribution < -0.4 is 5.32 Å². The molecular formula is C15H15NO3. The number of anilines is 1. The second-order valence-electron chi connectivity index (χ2n) is 4.48. The van der Waals surface area contributed by atoms with Crippen LogP contribution in [0.5, 0.6) is 11.5 Å². The first kappa shape index (κ1) is 13.0. The summed E-state index contributed by atoms with van der Waals surface area (Å²) in [4.78, 5) is 12.0. The molecular weight excluding hydrogens is 242 g/mol. The Morgan fingerprint density at radius 3 is 2.37 bits per heavy atom. The van der Waals surface area contributed by atoms with Crippen LogP contribution in [0, 0.1) is 13.8 Å². The summed E-state index contributed by atoms with van der Waals surface area (Å²) in [6.07, 6.45) is 0. The van der Waals surface area contributed by atoms with Gasteiger partial charge in [-0.3, -0.25) is 4.79 Å². The van der Waals surface area contributed by atoms with Crippen molar-refractivity contribution in [3.63, 3.8) is 0 Å². The molecule has 0 fully saturated rings. The highest BCUT2D eigenvalue weighted by Crippen LogP contribution is 2.23. The number of hydrogen-bond donors (Lipinski definition) is 3. The van der Waals surface area contributed by atoms with E-state index in [0.717, 1.165) is 5.56 Å². The fourth-order valence-corrected chi connectivity index (χ4v) is 1.77. The zero-order valence-corrected chi connectivity index (χ0v) is 10.8. The number of carbonyl (C=O) groups excluding carboxylic acids is 1. The summed E-state index contributed by atoms with van der Waals surface area (Å²) in [6.45, 7) is 3.58. The molecule has 19 heavy (non-hydrogen) atoms. The van der Waals surface area contributed by atoms with Gasteiger partial charge >= 0.3 is 0 Å². The van der Waals surface area contributed by atoms with Gasteiger partial charge in [0, 0.05) is 5.69 Å². The molecule has 2 rings (SSSR count). The van der Waals surface area contributed by atoms with E-state index in [1.807, 2.05) is 6.92 Å². The maximum Gasteiger partial charge on any atom is 0.259 e. The molecule has 0 unspecified atom stereocenters. The molecule has 0 saturated carbocycles. The Bertz CT molecular complexity index is 635. The van der Waals surface area contributed by atoms with Gasteiger partial charge in [-0.15, -0.1) is 0 Å². The fraction of sp³-hybridized carbons (Fsp3) is 0.133. The summed E-state index contributed by atoms with van der Waals surface area (Å²) in [7, 11) is 0. The van der Waals surface area contributed by atoms with Crippen LogP contribution in [0.25, 0.3) is 0 Å². The lowest BCUT2D eigenvalue weighted by Crippen LogP contribution is -2.12. The summed E-state index contributed by atoms with van der Waals surface area (Å²) in [5.74, 6) is -0.258. The van der Waals surface area contributed by atoms with Crippen LogP contribution >= 0.6 is 0 Å². The number of phenols is 2. The summed E-state index contributed by atoms with van der Waals surface area (Å²) in [5, 5.41) is 21.8. The topological polar surface area (TPSA) is 69.6 Å². The number of carbonyl (C=O) groups is 1. The number of nitrogens with one attached hydrogen (secondary N) is 1. The minimum Gasteiger partial charge on any atom is -0.508 e. The van der Waals surface area contributed by atoms with Gasteiger partial charge in [-0.1, -0.05) is 6.07 Å². The van der Waals surface area contributed by atoms with Gasteiger partial charge in [0.1, 0.15) is 11.5 Å². The van der Waals surface area contributed by atoms with Gasteiger partial charge in [0.25, 0.3) is 5.91 Å². The summed E-state index contributed by atoms with van der Waals surface area (Å²) < 4.78 is 0. The molecule has 0 aliphatic heterocycles. The molecule has 2 aromatic rings. The molecule has 0 saturated heterocycles. The van der Waals surface area contributed by atoms with Gasteiger partial charge in [0.15, 0.2) is 0 Å². The van der Waals surface area contributed by atoms with Crippen LogP contribution in [0.3, 0.4) is 0 Å². The lowest BCUT2D eigenvalue weighted by atomic mass is 10.1. The normalized spacial score (nSPS) is 10.2. The van der Waals surface area contributed by atoms with Gasteiger partial charge in [-0.2, -0.15) is 0 Å². The molecule has 4 heteroatoms. The van der Waals surface area contributed by atoms with E-state index in [1.54, 1.807) is 31.2 Å². The zero-order chi connectivity index (χ0) is 14.0. The van der Waals surface area contributed by atoms with E-state index in [1.165, 1.54) is 12.1 Å². The SMILES string of the molecule is Cc1ccc(C(=O)Nc2ccc(O)c(C)c2)c(O)c1. The molecule has 0 radical (unpaired) electrons. The number of phenolic OH excluding ortho intramolecular Hbond substituents is 2. The van der Waals surface area contributed by atoms with Crippen molar-refractivity contribution in [2.24, 2.45) is 0 Å². The minimum absolute atomic E-state index is 0.0481. The van der Waals surface area contributed by atoms with E-state index >= 15 is 0 Å². The second-order valence-corrected chi connectivity index (χ2v) is 4.48. The molecule has 2 aromatic carbocycles. The lowest BCUT2D eigenvalue weighted by Gasteiger charge is -2.08. The smallest absolute Gasteiger partial charge is 0.259 e. The third-order valence-corrected chi connectivity index (χ3v) is 2.85. The molecule has 0 aliphatic carbocycles. The van der Waals surface area contributed by atoms with E-state index in [0.29, 0.717) is 11.3 Å². The van der Waals surface area contributed by atoms with Gasteiger partial charge in [0.2, 0.25) is 0 Å². The highest BCUT2D eigenvalue weighted by atomic mass is 16.3. The summed E-state index contributed by atoms with van der Waals surface area (Å²) in [6, 6.07) is 9.66. The Balaban J connectivity index is 2.23. The molecule has 4 nitrogen and oxygen atoms in total. The summed E-state index contributed by atoms with van der Waals surface area (Å²) >= 11 is 0. The first-order chi connectivity index (χ1) is 8.97. The van der Waals surface area contributed by atoms with Gasteiger partial charge in [-0.25, -0.2) is 0 Å². The third kappa shape index (κ3) is 2.85. The van der Waals surface area contributed by atoms with Crippen molar-refractivity contribution in [2.75, 3.05) is 5.32 Å². The van der Waals surface area contributed by atoms with Gasteiger partial charge in [0.05, 0.1) is 5.56 Å². The molecule has 0 atom stereocenters. The Morgan fingerprint density at radius 1 is 1.00 bits per heavy atom. The first-order valence-corrected chi connectivity index (χ1v) is 5.88. The van der Waals surface area contributed by atoms with Crippen LogP contribution in [0.4, 0.5) is 5.69 Å². The fourth-order valence-electron chi connectivity index (χ4n) is 1.77. The predicted molar refractivity (Wildman–Crippen MR) is 73.6 cm³/mol. The Hall–Kier alpha value is -2.49. The molecule has 1 amide bonds. The van der Waals surface area contributed by atoms with Crippen LogP contribution in [0.1, 0.15) is 21.5 Å². The first-order valence-electron chi connectivity index (χ1n) is 5.88. The Labute approximate surface area is 111 Å². The number of aryl methyl sites for hydroxylation is 2. The van der Waals surface area contributed by atoms with Crippen molar-refractivity contribution in [3.05, 3.63) is 53.1 Å². The quantitative estimate of drug-likeness (QED) is 0.724. The van der Waals surface area contributed by atoms with Crippen molar-refractivity contribution in [1.82, 2.24) is 0 Å². The summed E-state index contributed by atoms with van der Waals surface area (Å²) in [5.41, 5.74) is 2.34. The average Bonchev–Trinajstić information content (AvgIpc) is 2.33. The number of amides is 1. The molecule has 0 heterocycles. The van der Waals surface area contributed by atoms with Crippen molar-refractivity contribution in [1.29, 1.82) is 0 Å². The van der Waals surface area contributed by atoms with Crippen LogP contribution in [0.2, 0.25) is 0 Å². The average molecular weight is 257 g/mol. The lowest BCUT2D eigenvalue weighted by molar-refractivity contribution is 0.102. The molecule has 0 spiro atoms. The molecule has 98 valence electrons. The maximum atomic E-state index is 12.0. The number of benzene rings is 2. The standard InChI is InChI=1S/C15H15NO3/c1-9-3-5-12(14(18)7-9)15(19)16-11-4-6-13(17)10(2)8-11/h3-8,17-18H,1-2H3,(H,16,19). The Morgan fingerprint density at radius 2 is 1.74 bits per heavy atom. The number of aromatic hydroxyl groups is 2. The van der Waals surface area contributed by atoms with Crippen LogP contribution in [0.15, 0.2) is 36.4 Å². The maximum absolute atomic E-state index is 12.0. The van der Waals surface area contributed by atoms with Crippen molar-refractivity contribution in [3.8, 4) is 11.5 Å². The van der Waals surface area contributed by atoms with E-state index in [4.69, 9.17) is 0 Å². The van der Waals surface area contributed by atoms with Crippen molar-refractivity contribution < 1.29 is 15.0 Å². The second kappa shape index (κ2) is 5.02. The molecule has 3 N–H and O–H groups in total. The molecule has 0 aromatic heterocycles. The molecule has 0 aliphatic rings. The molecule has 0 bridgehead atoms. The van der Waals surface area contributed by atoms with Crippen LogP contribution in [-0.4, -0.2) is 16.1 Å². The number of hydrogen-bond acceptors (Lipinski definition) is 3. The van der Waals surface area contributed by atoms with E-state index in [-0.39, 0.29) is 23.0 Å². The van der Waals surface area contributed by atoms with E-state index in [9.17, 15) is 15.0 Å². The van der Waals surface area contributed by atoms with E-state index < -0.39 is 0 Å².